The Labute approximate surface area is 131 Å². The summed E-state index contributed by atoms with van der Waals surface area (Å²) in [4.78, 5) is 0. The molecule has 0 fully saturated rings. The highest BCUT2D eigenvalue weighted by Gasteiger charge is 2.21. The molecule has 1 rings (SSSR count). The summed E-state index contributed by atoms with van der Waals surface area (Å²) in [6, 6.07) is 6.94. The molecule has 0 spiro atoms. The van der Waals surface area contributed by atoms with Gasteiger partial charge in [0.2, 0.25) is 0 Å². The molecular formula is C20H32O. The molecule has 0 radical (unpaired) electrons. The molecule has 0 aromatic heterocycles. The molecule has 0 bridgehead atoms. The van der Waals surface area contributed by atoms with Gasteiger partial charge in [0.05, 0.1) is 6.61 Å². The van der Waals surface area contributed by atoms with Gasteiger partial charge < -0.3 is 5.11 Å². The molecule has 1 nitrogen and oxygen atoms in total. The van der Waals surface area contributed by atoms with Crippen LogP contribution in [-0.2, 0) is 10.8 Å². The molecule has 0 amide bonds. The van der Waals surface area contributed by atoms with Gasteiger partial charge in [-0.3, -0.25) is 0 Å². The molecule has 0 atom stereocenters. The van der Waals surface area contributed by atoms with Gasteiger partial charge in [-0.15, -0.1) is 0 Å². The van der Waals surface area contributed by atoms with Crippen molar-refractivity contribution in [1.82, 2.24) is 0 Å². The zero-order valence-electron chi connectivity index (χ0n) is 14.9. The van der Waals surface area contributed by atoms with E-state index in [-0.39, 0.29) is 17.4 Å². The largest absolute Gasteiger partial charge is 0.392 e. The van der Waals surface area contributed by atoms with Gasteiger partial charge >= 0.3 is 0 Å². The second kappa shape index (κ2) is 6.79. The molecule has 0 aliphatic carbocycles. The first-order valence-electron chi connectivity index (χ1n) is 8.06. The molecule has 1 aromatic carbocycles. The lowest BCUT2D eigenvalue weighted by molar-refractivity contribution is 0.343. The van der Waals surface area contributed by atoms with Crippen LogP contribution in [-0.4, -0.2) is 11.7 Å². The van der Waals surface area contributed by atoms with E-state index in [0.717, 1.165) is 12.8 Å². The SMILES string of the molecule is CCC/C(=C/CO)c1cc(C(C)(C)C)cc(C(C)(C)C)c1. The van der Waals surface area contributed by atoms with E-state index in [1.54, 1.807) is 0 Å². The maximum atomic E-state index is 9.31. The van der Waals surface area contributed by atoms with Crippen molar-refractivity contribution in [3.05, 3.63) is 41.0 Å². The van der Waals surface area contributed by atoms with Gasteiger partial charge in [0, 0.05) is 0 Å². The van der Waals surface area contributed by atoms with Crippen molar-refractivity contribution in [2.24, 2.45) is 0 Å². The molecule has 0 unspecified atom stereocenters. The third kappa shape index (κ3) is 5.00. The molecule has 1 aromatic rings. The van der Waals surface area contributed by atoms with E-state index in [2.05, 4.69) is 66.7 Å². The van der Waals surface area contributed by atoms with Gasteiger partial charge in [-0.25, -0.2) is 0 Å². The van der Waals surface area contributed by atoms with Crippen LogP contribution in [0.4, 0.5) is 0 Å². The van der Waals surface area contributed by atoms with Crippen LogP contribution in [0.2, 0.25) is 0 Å². The lowest BCUT2D eigenvalue weighted by atomic mass is 9.78. The first-order valence-corrected chi connectivity index (χ1v) is 8.06. The lowest BCUT2D eigenvalue weighted by Crippen LogP contribution is -2.17. The van der Waals surface area contributed by atoms with Crippen LogP contribution in [0.3, 0.4) is 0 Å². The van der Waals surface area contributed by atoms with Crippen molar-refractivity contribution in [2.45, 2.75) is 72.1 Å². The van der Waals surface area contributed by atoms with Crippen molar-refractivity contribution >= 4 is 5.57 Å². The second-order valence-corrected chi connectivity index (χ2v) is 7.96. The summed E-state index contributed by atoms with van der Waals surface area (Å²) in [6.45, 7) is 15.8. The zero-order chi connectivity index (χ0) is 16.3. The molecule has 1 N–H and O–H groups in total. The average Bonchev–Trinajstić information content (AvgIpc) is 2.36. The lowest BCUT2D eigenvalue weighted by Gasteiger charge is -2.26. The monoisotopic (exact) mass is 288 g/mol. The molecule has 0 heterocycles. The summed E-state index contributed by atoms with van der Waals surface area (Å²) in [5.41, 5.74) is 5.52. The van der Waals surface area contributed by atoms with Gasteiger partial charge in [0.1, 0.15) is 0 Å². The minimum absolute atomic E-state index is 0.111. The van der Waals surface area contributed by atoms with E-state index in [1.165, 1.54) is 22.3 Å². The van der Waals surface area contributed by atoms with E-state index < -0.39 is 0 Å². The highest BCUT2D eigenvalue weighted by atomic mass is 16.2. The number of hydrogen-bond acceptors (Lipinski definition) is 1. The summed E-state index contributed by atoms with van der Waals surface area (Å²) in [5.74, 6) is 0. The number of aliphatic hydroxyl groups excluding tert-OH is 1. The summed E-state index contributed by atoms with van der Waals surface area (Å²) >= 11 is 0. The van der Waals surface area contributed by atoms with Gasteiger partial charge in [-0.2, -0.15) is 0 Å². The Bertz CT molecular complexity index is 463. The Morgan fingerprint density at radius 1 is 0.952 bits per heavy atom. The normalized spacial score (nSPS) is 13.6. The molecule has 0 saturated carbocycles. The predicted octanol–water partition coefficient (Wildman–Crippen LogP) is 5.46. The van der Waals surface area contributed by atoms with Crippen molar-refractivity contribution < 1.29 is 5.11 Å². The first-order chi connectivity index (χ1) is 9.59. The first kappa shape index (κ1) is 18.0. The predicted molar refractivity (Wildman–Crippen MR) is 93.8 cm³/mol. The molecule has 0 aliphatic heterocycles. The number of rotatable bonds is 4. The second-order valence-electron chi connectivity index (χ2n) is 7.96. The fourth-order valence-corrected chi connectivity index (χ4v) is 2.42. The smallest absolute Gasteiger partial charge is 0.0618 e. The van der Waals surface area contributed by atoms with Crippen molar-refractivity contribution in [2.75, 3.05) is 6.61 Å². The highest BCUT2D eigenvalue weighted by molar-refractivity contribution is 5.67. The Balaban J connectivity index is 3.47. The minimum Gasteiger partial charge on any atom is -0.392 e. The minimum atomic E-state index is 0.111. The molecule has 1 heteroatoms. The molecule has 118 valence electrons. The van der Waals surface area contributed by atoms with Gasteiger partial charge in [0.25, 0.3) is 0 Å². The van der Waals surface area contributed by atoms with Gasteiger partial charge in [0.15, 0.2) is 0 Å². The highest BCUT2D eigenvalue weighted by Crippen LogP contribution is 2.33. The summed E-state index contributed by atoms with van der Waals surface area (Å²) < 4.78 is 0. The number of hydrogen-bond donors (Lipinski definition) is 1. The fourth-order valence-electron chi connectivity index (χ4n) is 2.42. The van der Waals surface area contributed by atoms with E-state index in [4.69, 9.17) is 0 Å². The van der Waals surface area contributed by atoms with Gasteiger partial charge in [-0.1, -0.05) is 79.2 Å². The summed E-state index contributed by atoms with van der Waals surface area (Å²) in [5, 5.41) is 9.31. The topological polar surface area (TPSA) is 20.2 Å². The van der Waals surface area contributed by atoms with Crippen LogP contribution in [0.5, 0.6) is 0 Å². The Hall–Kier alpha value is -1.08. The Kier molecular flexibility index (Phi) is 5.81. The van der Waals surface area contributed by atoms with E-state index in [0.29, 0.717) is 0 Å². The van der Waals surface area contributed by atoms with Crippen LogP contribution < -0.4 is 0 Å². The number of aliphatic hydroxyl groups is 1. The van der Waals surface area contributed by atoms with Crippen LogP contribution in [0.15, 0.2) is 24.3 Å². The Morgan fingerprint density at radius 2 is 1.43 bits per heavy atom. The van der Waals surface area contributed by atoms with Crippen LogP contribution >= 0.6 is 0 Å². The molecule has 21 heavy (non-hydrogen) atoms. The quantitative estimate of drug-likeness (QED) is 0.780. The summed E-state index contributed by atoms with van der Waals surface area (Å²) in [6.07, 6.45) is 4.06. The maximum Gasteiger partial charge on any atom is 0.0618 e. The zero-order valence-corrected chi connectivity index (χ0v) is 14.9. The average molecular weight is 288 g/mol. The van der Waals surface area contributed by atoms with Crippen LogP contribution in [0.1, 0.15) is 78.0 Å². The van der Waals surface area contributed by atoms with Crippen molar-refractivity contribution in [3.8, 4) is 0 Å². The molecular weight excluding hydrogens is 256 g/mol. The van der Waals surface area contributed by atoms with Gasteiger partial charge in [-0.05, 0) is 39.5 Å². The standard InChI is InChI=1S/C20H32O/c1-8-9-15(10-11-21)16-12-17(19(2,3)4)14-18(13-16)20(5,6)7/h10,12-14,21H,8-9,11H2,1-7H3/b15-10-. The number of allylic oxidation sites excluding steroid dienone is 1. The number of benzene rings is 1. The van der Waals surface area contributed by atoms with Crippen LogP contribution in [0, 0.1) is 0 Å². The Morgan fingerprint density at radius 3 is 1.76 bits per heavy atom. The summed E-state index contributed by atoms with van der Waals surface area (Å²) in [7, 11) is 0. The fraction of sp³-hybridized carbons (Fsp3) is 0.600. The maximum absolute atomic E-state index is 9.31. The van der Waals surface area contributed by atoms with E-state index >= 15 is 0 Å². The van der Waals surface area contributed by atoms with Crippen molar-refractivity contribution in [3.63, 3.8) is 0 Å². The van der Waals surface area contributed by atoms with E-state index in [9.17, 15) is 5.11 Å². The van der Waals surface area contributed by atoms with E-state index in [1.807, 2.05) is 6.08 Å². The van der Waals surface area contributed by atoms with Crippen LogP contribution in [0.25, 0.3) is 5.57 Å². The molecule has 0 saturated heterocycles. The molecule has 0 aliphatic rings. The third-order valence-corrected chi connectivity index (χ3v) is 3.89. The third-order valence-electron chi connectivity index (χ3n) is 3.89. The van der Waals surface area contributed by atoms with Crippen molar-refractivity contribution in [1.29, 1.82) is 0 Å².